The Labute approximate surface area is 158 Å². The summed E-state index contributed by atoms with van der Waals surface area (Å²) in [7, 11) is 0. The fourth-order valence-electron chi connectivity index (χ4n) is 2.90. The molecule has 0 unspecified atom stereocenters. The number of aromatic amines is 1. The summed E-state index contributed by atoms with van der Waals surface area (Å²) in [5, 5.41) is 2.87. The van der Waals surface area contributed by atoms with Crippen molar-refractivity contribution in [2.24, 2.45) is 0 Å². The third kappa shape index (κ3) is 5.00. The number of benzene rings is 2. The minimum absolute atomic E-state index is 0.00700. The molecule has 1 aromatic heterocycles. The molecule has 0 radical (unpaired) electrons. The van der Waals surface area contributed by atoms with E-state index in [1.54, 1.807) is 0 Å². The summed E-state index contributed by atoms with van der Waals surface area (Å²) in [5.41, 5.74) is 2.32. The van der Waals surface area contributed by atoms with E-state index in [1.165, 1.54) is 4.57 Å². The van der Waals surface area contributed by atoms with Crippen LogP contribution in [0.15, 0.2) is 53.3 Å². The SMILES string of the molecule is CCCCOc1ccc(CCNC(=O)Cn2c(=O)[nH]c3ccccc32)cc1. The number of carbonyl (C=O) groups excluding carboxylic acids is 1. The standard InChI is InChI=1S/C21H25N3O3/c1-2-3-14-27-17-10-8-16(9-11-17)12-13-22-20(25)15-24-19-7-5-4-6-18(19)23-21(24)26/h4-11H,2-3,12-15H2,1H3,(H,22,25)(H,23,26). The minimum atomic E-state index is -0.273. The van der Waals surface area contributed by atoms with Crippen LogP contribution in [0.3, 0.4) is 0 Å². The molecule has 6 heteroatoms. The van der Waals surface area contributed by atoms with Gasteiger partial charge in [0.05, 0.1) is 17.6 Å². The molecule has 2 N–H and O–H groups in total. The maximum atomic E-state index is 12.2. The molecule has 1 amide bonds. The Bertz CT molecular complexity index is 941. The van der Waals surface area contributed by atoms with Gasteiger partial charge in [0.15, 0.2) is 0 Å². The van der Waals surface area contributed by atoms with E-state index in [0.29, 0.717) is 6.54 Å². The van der Waals surface area contributed by atoms with Crippen LogP contribution in [0.4, 0.5) is 0 Å². The van der Waals surface area contributed by atoms with Gasteiger partial charge in [0.25, 0.3) is 0 Å². The van der Waals surface area contributed by atoms with Crippen molar-refractivity contribution in [3.63, 3.8) is 0 Å². The number of amides is 1. The highest BCUT2D eigenvalue weighted by atomic mass is 16.5. The van der Waals surface area contributed by atoms with Crippen molar-refractivity contribution in [1.29, 1.82) is 0 Å². The van der Waals surface area contributed by atoms with Gasteiger partial charge in [-0.25, -0.2) is 4.79 Å². The quantitative estimate of drug-likeness (QED) is 0.571. The van der Waals surface area contributed by atoms with Gasteiger partial charge >= 0.3 is 5.69 Å². The van der Waals surface area contributed by atoms with Crippen molar-refractivity contribution in [3.8, 4) is 5.75 Å². The summed E-state index contributed by atoms with van der Waals surface area (Å²) >= 11 is 0. The summed E-state index contributed by atoms with van der Waals surface area (Å²) in [5.74, 6) is 0.691. The molecule has 3 aromatic rings. The number of para-hydroxylation sites is 2. The first-order valence-electron chi connectivity index (χ1n) is 9.33. The topological polar surface area (TPSA) is 76.1 Å². The molecule has 0 saturated heterocycles. The number of H-pyrrole nitrogens is 1. The van der Waals surface area contributed by atoms with Crippen LogP contribution in [-0.2, 0) is 17.8 Å². The van der Waals surface area contributed by atoms with Gasteiger partial charge in [-0.05, 0) is 42.7 Å². The molecular weight excluding hydrogens is 342 g/mol. The third-order valence-electron chi connectivity index (χ3n) is 4.41. The highest BCUT2D eigenvalue weighted by Gasteiger charge is 2.09. The van der Waals surface area contributed by atoms with Gasteiger partial charge in [0, 0.05) is 6.54 Å². The van der Waals surface area contributed by atoms with Gasteiger partial charge in [-0.15, -0.1) is 0 Å². The fourth-order valence-corrected chi connectivity index (χ4v) is 2.90. The molecule has 0 saturated carbocycles. The van der Waals surface area contributed by atoms with Gasteiger partial charge < -0.3 is 15.0 Å². The molecule has 2 aromatic carbocycles. The van der Waals surface area contributed by atoms with E-state index in [4.69, 9.17) is 4.74 Å². The molecule has 0 atom stereocenters. The van der Waals surface area contributed by atoms with E-state index in [-0.39, 0.29) is 18.1 Å². The molecule has 0 aliphatic carbocycles. The number of unbranched alkanes of at least 4 members (excludes halogenated alkanes) is 1. The van der Waals surface area contributed by atoms with Crippen LogP contribution in [0.25, 0.3) is 11.0 Å². The summed E-state index contributed by atoms with van der Waals surface area (Å²) in [6, 6.07) is 15.3. The first-order chi connectivity index (χ1) is 13.2. The summed E-state index contributed by atoms with van der Waals surface area (Å²) in [6.07, 6.45) is 2.89. The second-order valence-electron chi connectivity index (χ2n) is 6.48. The van der Waals surface area contributed by atoms with Crippen LogP contribution in [0.5, 0.6) is 5.75 Å². The van der Waals surface area contributed by atoms with Crippen molar-refractivity contribution in [3.05, 3.63) is 64.6 Å². The number of hydrogen-bond acceptors (Lipinski definition) is 3. The van der Waals surface area contributed by atoms with Crippen molar-refractivity contribution >= 4 is 16.9 Å². The lowest BCUT2D eigenvalue weighted by Crippen LogP contribution is -2.32. The Hall–Kier alpha value is -3.02. The van der Waals surface area contributed by atoms with E-state index in [1.807, 2.05) is 48.5 Å². The van der Waals surface area contributed by atoms with Crippen molar-refractivity contribution in [2.45, 2.75) is 32.7 Å². The number of nitrogens with one attached hydrogen (secondary N) is 2. The monoisotopic (exact) mass is 367 g/mol. The van der Waals surface area contributed by atoms with E-state index < -0.39 is 0 Å². The number of imidazole rings is 1. The second-order valence-corrected chi connectivity index (χ2v) is 6.48. The summed E-state index contributed by atoms with van der Waals surface area (Å²) in [4.78, 5) is 27.0. The maximum absolute atomic E-state index is 12.2. The van der Waals surface area contributed by atoms with Crippen molar-refractivity contribution in [1.82, 2.24) is 14.9 Å². The average Bonchev–Trinajstić information content (AvgIpc) is 2.99. The van der Waals surface area contributed by atoms with Gasteiger partial charge in [0.1, 0.15) is 12.3 Å². The van der Waals surface area contributed by atoms with Crippen molar-refractivity contribution < 1.29 is 9.53 Å². The largest absolute Gasteiger partial charge is 0.494 e. The van der Waals surface area contributed by atoms with Crippen LogP contribution in [0.1, 0.15) is 25.3 Å². The molecule has 0 spiro atoms. The zero-order valence-electron chi connectivity index (χ0n) is 15.5. The first kappa shape index (κ1) is 18.8. The number of hydrogen-bond donors (Lipinski definition) is 2. The van der Waals surface area contributed by atoms with Gasteiger partial charge in [0.2, 0.25) is 5.91 Å². The van der Waals surface area contributed by atoms with E-state index in [0.717, 1.165) is 48.2 Å². The number of ether oxygens (including phenoxy) is 1. The average molecular weight is 367 g/mol. The van der Waals surface area contributed by atoms with Gasteiger partial charge in [-0.1, -0.05) is 37.6 Å². The van der Waals surface area contributed by atoms with Gasteiger partial charge in [-0.3, -0.25) is 9.36 Å². The lowest BCUT2D eigenvalue weighted by molar-refractivity contribution is -0.121. The van der Waals surface area contributed by atoms with Crippen LogP contribution in [0, 0.1) is 0 Å². The summed E-state index contributed by atoms with van der Waals surface area (Å²) < 4.78 is 7.10. The molecular formula is C21H25N3O3. The molecule has 27 heavy (non-hydrogen) atoms. The van der Waals surface area contributed by atoms with Crippen LogP contribution in [-0.4, -0.2) is 28.6 Å². The highest BCUT2D eigenvalue weighted by Crippen LogP contribution is 2.13. The van der Waals surface area contributed by atoms with E-state index in [9.17, 15) is 9.59 Å². The second kappa shape index (κ2) is 9.07. The molecule has 0 aliphatic rings. The molecule has 6 nitrogen and oxygen atoms in total. The zero-order chi connectivity index (χ0) is 19.1. The van der Waals surface area contributed by atoms with Crippen LogP contribution < -0.4 is 15.7 Å². The predicted octanol–water partition coefficient (Wildman–Crippen LogP) is 2.87. The molecule has 142 valence electrons. The fraction of sp³-hybridized carbons (Fsp3) is 0.333. The predicted molar refractivity (Wildman–Crippen MR) is 106 cm³/mol. The lowest BCUT2D eigenvalue weighted by Gasteiger charge is -2.08. The Balaban J connectivity index is 1.48. The molecule has 0 bridgehead atoms. The van der Waals surface area contributed by atoms with E-state index >= 15 is 0 Å². The maximum Gasteiger partial charge on any atom is 0.326 e. The third-order valence-corrected chi connectivity index (χ3v) is 4.41. The van der Waals surface area contributed by atoms with Crippen LogP contribution in [0.2, 0.25) is 0 Å². The smallest absolute Gasteiger partial charge is 0.326 e. The Morgan fingerprint density at radius 1 is 1.15 bits per heavy atom. The zero-order valence-corrected chi connectivity index (χ0v) is 15.5. The number of carbonyl (C=O) groups is 1. The Kier molecular flexibility index (Phi) is 6.30. The Morgan fingerprint density at radius 2 is 1.93 bits per heavy atom. The number of rotatable bonds is 9. The molecule has 3 rings (SSSR count). The number of nitrogens with zero attached hydrogens (tertiary/aromatic N) is 1. The van der Waals surface area contributed by atoms with Gasteiger partial charge in [-0.2, -0.15) is 0 Å². The number of aromatic nitrogens is 2. The minimum Gasteiger partial charge on any atom is -0.494 e. The highest BCUT2D eigenvalue weighted by molar-refractivity contribution is 5.80. The lowest BCUT2D eigenvalue weighted by atomic mass is 10.1. The number of fused-ring (bicyclic) bond motifs is 1. The first-order valence-corrected chi connectivity index (χ1v) is 9.33. The normalized spacial score (nSPS) is 10.9. The van der Waals surface area contributed by atoms with Crippen LogP contribution >= 0.6 is 0 Å². The molecule has 0 aliphatic heterocycles. The van der Waals surface area contributed by atoms with E-state index in [2.05, 4.69) is 17.2 Å². The van der Waals surface area contributed by atoms with Crippen molar-refractivity contribution in [2.75, 3.05) is 13.2 Å². The molecule has 1 heterocycles. The Morgan fingerprint density at radius 3 is 2.70 bits per heavy atom. The molecule has 0 fully saturated rings. The summed E-state index contributed by atoms with van der Waals surface area (Å²) in [6.45, 7) is 3.40.